The highest BCUT2D eigenvalue weighted by molar-refractivity contribution is 8.26. The summed E-state index contributed by atoms with van der Waals surface area (Å²) in [6.07, 6.45) is 2.06. The van der Waals surface area contributed by atoms with E-state index in [1.807, 2.05) is 41.3 Å². The quantitative estimate of drug-likeness (QED) is 0.479. The number of piperazine rings is 1. The lowest BCUT2D eigenvalue weighted by atomic mass is 10.2. The minimum Gasteiger partial charge on any atom is -0.454 e. The summed E-state index contributed by atoms with van der Waals surface area (Å²) in [4.78, 5) is 31.9. The maximum absolute atomic E-state index is 12.9. The predicted molar refractivity (Wildman–Crippen MR) is 132 cm³/mol. The van der Waals surface area contributed by atoms with Crippen molar-refractivity contribution >= 4 is 51.9 Å². The van der Waals surface area contributed by atoms with Gasteiger partial charge in [-0.1, -0.05) is 48.2 Å². The van der Waals surface area contributed by atoms with E-state index in [-0.39, 0.29) is 25.0 Å². The Morgan fingerprint density at radius 2 is 1.79 bits per heavy atom. The monoisotopic (exact) mass is 481 g/mol. The van der Waals surface area contributed by atoms with Crippen molar-refractivity contribution in [3.63, 3.8) is 0 Å². The van der Waals surface area contributed by atoms with Gasteiger partial charge in [-0.15, -0.1) is 0 Å². The van der Waals surface area contributed by atoms with Gasteiger partial charge in [-0.3, -0.25) is 14.5 Å². The SMILES string of the molecule is O=C(CCN1C(=O)C(=Cc2ccc3c(c2)OCO3)SC1=S)N1CCN(c2ccccc2)CC1. The number of fused-ring (bicyclic) bond motifs is 1. The highest BCUT2D eigenvalue weighted by Crippen LogP contribution is 2.36. The Kier molecular flexibility index (Phi) is 6.24. The van der Waals surface area contributed by atoms with E-state index < -0.39 is 0 Å². The molecule has 0 aliphatic carbocycles. The summed E-state index contributed by atoms with van der Waals surface area (Å²) < 4.78 is 11.2. The predicted octanol–water partition coefficient (Wildman–Crippen LogP) is 3.36. The number of rotatable bonds is 5. The lowest BCUT2D eigenvalue weighted by molar-refractivity contribution is -0.132. The molecular weight excluding hydrogens is 458 g/mol. The molecule has 0 N–H and O–H groups in total. The molecule has 9 heteroatoms. The molecule has 7 nitrogen and oxygen atoms in total. The largest absolute Gasteiger partial charge is 0.454 e. The number of hydrogen-bond donors (Lipinski definition) is 0. The number of ether oxygens (including phenoxy) is 2. The van der Waals surface area contributed by atoms with Gasteiger partial charge in [0.2, 0.25) is 12.7 Å². The third kappa shape index (κ3) is 4.69. The average Bonchev–Trinajstić information content (AvgIpc) is 3.42. The summed E-state index contributed by atoms with van der Waals surface area (Å²) in [7, 11) is 0. The van der Waals surface area contributed by atoms with Crippen molar-refractivity contribution in [1.29, 1.82) is 0 Å². The maximum atomic E-state index is 12.9. The molecule has 0 spiro atoms. The molecule has 3 aliphatic rings. The number of carbonyl (C=O) groups excluding carboxylic acids is 2. The minimum atomic E-state index is -0.163. The van der Waals surface area contributed by atoms with E-state index in [0.717, 1.165) is 18.7 Å². The summed E-state index contributed by atoms with van der Waals surface area (Å²) in [5, 5.41) is 0. The number of thiocarbonyl (C=S) groups is 1. The van der Waals surface area contributed by atoms with E-state index in [9.17, 15) is 9.59 Å². The van der Waals surface area contributed by atoms with Crippen molar-refractivity contribution in [3.05, 3.63) is 59.0 Å². The van der Waals surface area contributed by atoms with Gasteiger partial charge in [-0.2, -0.15) is 0 Å². The van der Waals surface area contributed by atoms with Crippen molar-refractivity contribution in [3.8, 4) is 11.5 Å². The lowest BCUT2D eigenvalue weighted by Crippen LogP contribution is -2.49. The van der Waals surface area contributed by atoms with Gasteiger partial charge in [0.1, 0.15) is 4.32 Å². The standard InChI is InChI=1S/C24H23N3O4S2/c28-22(26-12-10-25(11-13-26)18-4-2-1-3-5-18)8-9-27-23(29)21(33-24(27)32)15-17-6-7-19-20(14-17)31-16-30-19/h1-7,14-15H,8-13,16H2. The third-order valence-electron chi connectivity index (χ3n) is 5.87. The van der Waals surface area contributed by atoms with Gasteiger partial charge in [-0.05, 0) is 35.9 Å². The number of anilines is 1. The fourth-order valence-corrected chi connectivity index (χ4v) is 5.37. The lowest BCUT2D eigenvalue weighted by Gasteiger charge is -2.36. The summed E-state index contributed by atoms with van der Waals surface area (Å²) in [5.41, 5.74) is 2.02. The van der Waals surface area contributed by atoms with Gasteiger partial charge in [-0.25, -0.2) is 0 Å². The summed E-state index contributed by atoms with van der Waals surface area (Å²) in [6, 6.07) is 15.8. The Balaban J connectivity index is 1.15. The molecule has 33 heavy (non-hydrogen) atoms. The highest BCUT2D eigenvalue weighted by atomic mass is 32.2. The molecule has 0 aromatic heterocycles. The number of para-hydroxylation sites is 1. The van der Waals surface area contributed by atoms with Crippen LogP contribution in [0.5, 0.6) is 11.5 Å². The van der Waals surface area contributed by atoms with Crippen LogP contribution >= 0.6 is 24.0 Å². The maximum Gasteiger partial charge on any atom is 0.266 e. The van der Waals surface area contributed by atoms with Crippen molar-refractivity contribution in [2.75, 3.05) is 44.4 Å². The molecule has 170 valence electrons. The first kappa shape index (κ1) is 21.8. The van der Waals surface area contributed by atoms with Gasteiger partial charge in [0, 0.05) is 44.8 Å². The molecule has 0 atom stereocenters. The van der Waals surface area contributed by atoms with Gasteiger partial charge in [0.15, 0.2) is 11.5 Å². The zero-order valence-corrected chi connectivity index (χ0v) is 19.6. The molecule has 2 saturated heterocycles. The Hall–Kier alpha value is -3.04. The number of carbonyl (C=O) groups is 2. The molecule has 3 aliphatic heterocycles. The van der Waals surface area contributed by atoms with Crippen LogP contribution in [0.4, 0.5) is 5.69 Å². The third-order valence-corrected chi connectivity index (χ3v) is 7.25. The molecule has 2 fully saturated rings. The molecule has 3 heterocycles. The summed E-state index contributed by atoms with van der Waals surface area (Å²) in [5.74, 6) is 1.25. The smallest absolute Gasteiger partial charge is 0.266 e. The second-order valence-corrected chi connectivity index (χ2v) is 9.58. The first-order valence-corrected chi connectivity index (χ1v) is 12.0. The van der Waals surface area contributed by atoms with Crippen molar-refractivity contribution < 1.29 is 19.1 Å². The molecule has 2 aromatic carbocycles. The molecule has 5 rings (SSSR count). The Morgan fingerprint density at radius 1 is 1.03 bits per heavy atom. The molecule has 2 aromatic rings. The van der Waals surface area contributed by atoms with Gasteiger partial charge < -0.3 is 19.3 Å². The fourth-order valence-electron chi connectivity index (χ4n) is 4.07. The molecule has 0 saturated carbocycles. The normalized spacial score (nSPS) is 19.0. The van der Waals surface area contributed by atoms with E-state index in [4.69, 9.17) is 21.7 Å². The van der Waals surface area contributed by atoms with Crippen LogP contribution in [0, 0.1) is 0 Å². The molecular formula is C24H23N3O4S2. The molecule has 0 bridgehead atoms. The minimum absolute atomic E-state index is 0.0523. The Bertz CT molecular complexity index is 1110. The van der Waals surface area contributed by atoms with Gasteiger partial charge in [0.05, 0.1) is 4.91 Å². The van der Waals surface area contributed by atoms with Gasteiger partial charge >= 0.3 is 0 Å². The Labute approximate surface area is 201 Å². The fraction of sp³-hybridized carbons (Fsp3) is 0.292. The van der Waals surface area contributed by atoms with Crippen molar-refractivity contribution in [1.82, 2.24) is 9.80 Å². The molecule has 0 radical (unpaired) electrons. The van der Waals surface area contributed by atoms with E-state index in [1.165, 1.54) is 22.3 Å². The van der Waals surface area contributed by atoms with Crippen LogP contribution in [-0.2, 0) is 9.59 Å². The zero-order chi connectivity index (χ0) is 22.8. The number of hydrogen-bond acceptors (Lipinski definition) is 7. The number of benzene rings is 2. The summed E-state index contributed by atoms with van der Waals surface area (Å²) in [6.45, 7) is 3.45. The van der Waals surface area contributed by atoms with Gasteiger partial charge in [0.25, 0.3) is 5.91 Å². The number of nitrogens with zero attached hydrogens (tertiary/aromatic N) is 3. The molecule has 0 unspecified atom stereocenters. The van der Waals surface area contributed by atoms with Crippen LogP contribution in [-0.4, -0.2) is 65.5 Å². The topological polar surface area (TPSA) is 62.3 Å². The second-order valence-electron chi connectivity index (χ2n) is 7.90. The van der Waals surface area contributed by atoms with Crippen molar-refractivity contribution in [2.24, 2.45) is 0 Å². The highest BCUT2D eigenvalue weighted by Gasteiger charge is 2.33. The molecule has 2 amide bonds. The van der Waals surface area contributed by atoms with Crippen LogP contribution < -0.4 is 14.4 Å². The van der Waals surface area contributed by atoms with E-state index in [1.54, 1.807) is 6.08 Å². The van der Waals surface area contributed by atoms with Crippen molar-refractivity contribution in [2.45, 2.75) is 6.42 Å². The van der Waals surface area contributed by atoms with E-state index >= 15 is 0 Å². The van der Waals surface area contributed by atoms with Crippen LogP contribution in [0.2, 0.25) is 0 Å². The van der Waals surface area contributed by atoms with E-state index in [2.05, 4.69) is 17.0 Å². The number of amides is 2. The Morgan fingerprint density at radius 3 is 2.58 bits per heavy atom. The van der Waals surface area contributed by atoms with E-state index in [0.29, 0.717) is 40.4 Å². The zero-order valence-electron chi connectivity index (χ0n) is 17.9. The van der Waals surface area contributed by atoms with Crippen LogP contribution in [0.15, 0.2) is 53.4 Å². The van der Waals surface area contributed by atoms with Crippen LogP contribution in [0.1, 0.15) is 12.0 Å². The summed E-state index contributed by atoms with van der Waals surface area (Å²) >= 11 is 6.68. The van der Waals surface area contributed by atoms with Crippen LogP contribution in [0.3, 0.4) is 0 Å². The number of thioether (sulfide) groups is 1. The first-order valence-electron chi connectivity index (χ1n) is 10.8. The second kappa shape index (κ2) is 9.44. The van der Waals surface area contributed by atoms with Crippen LogP contribution in [0.25, 0.3) is 6.08 Å². The average molecular weight is 482 g/mol. The first-order chi connectivity index (χ1) is 16.1.